The van der Waals surface area contributed by atoms with Crippen LogP contribution in [-0.4, -0.2) is 30.5 Å². The topological polar surface area (TPSA) is 46.4 Å². The molecule has 4 nitrogen and oxygen atoms in total. The van der Waals surface area contributed by atoms with E-state index in [9.17, 15) is 4.79 Å². The van der Waals surface area contributed by atoms with E-state index in [2.05, 4.69) is 5.32 Å². The van der Waals surface area contributed by atoms with E-state index in [0.717, 1.165) is 44.5 Å². The summed E-state index contributed by atoms with van der Waals surface area (Å²) in [6.45, 7) is 2.94. The van der Waals surface area contributed by atoms with Gasteiger partial charge in [-0.15, -0.1) is 0 Å². The number of pyridine rings is 1. The highest BCUT2D eigenvalue weighted by atomic mass is 16.2. The molecule has 1 fully saturated rings. The standard InChI is InChI=1S/C17H23N3O/c21-16(11-20-9-1-2-10-20)19-17-12-5-3-7-14(12)18-15-8-4-6-13(15)17/h1-11H2,(H,18,19,21)/p+1. The number of carbonyl (C=O) groups excluding carboxylic acids is 1. The highest BCUT2D eigenvalue weighted by Crippen LogP contribution is 2.36. The van der Waals surface area contributed by atoms with Crippen molar-refractivity contribution in [2.75, 3.05) is 25.0 Å². The smallest absolute Gasteiger partial charge is 0.279 e. The Morgan fingerprint density at radius 1 is 0.952 bits per heavy atom. The van der Waals surface area contributed by atoms with E-state index >= 15 is 0 Å². The number of rotatable bonds is 3. The summed E-state index contributed by atoms with van der Waals surface area (Å²) in [5.74, 6) is 0.196. The molecule has 4 rings (SSSR count). The van der Waals surface area contributed by atoms with E-state index in [1.54, 1.807) is 0 Å². The molecule has 21 heavy (non-hydrogen) atoms. The molecule has 4 heteroatoms. The first-order valence-corrected chi connectivity index (χ1v) is 8.48. The lowest BCUT2D eigenvalue weighted by molar-refractivity contribution is -0.878. The van der Waals surface area contributed by atoms with Crippen molar-refractivity contribution in [2.45, 2.75) is 51.4 Å². The SMILES string of the molecule is O=C(C[NH+]1CCCC1)Nc1c2c(nc3c1CCC3)CCC2. The van der Waals surface area contributed by atoms with Crippen molar-refractivity contribution in [1.29, 1.82) is 0 Å². The normalized spacial score (nSPS) is 20.6. The largest absolute Gasteiger partial charge is 0.327 e. The first kappa shape index (κ1) is 13.3. The number of hydrogen-bond acceptors (Lipinski definition) is 2. The van der Waals surface area contributed by atoms with Gasteiger partial charge in [-0.25, -0.2) is 0 Å². The highest BCUT2D eigenvalue weighted by molar-refractivity contribution is 5.93. The second-order valence-corrected chi connectivity index (χ2v) is 6.73. The molecule has 0 atom stereocenters. The summed E-state index contributed by atoms with van der Waals surface area (Å²) >= 11 is 0. The molecule has 112 valence electrons. The van der Waals surface area contributed by atoms with Crippen molar-refractivity contribution in [3.63, 3.8) is 0 Å². The Balaban J connectivity index is 1.58. The van der Waals surface area contributed by atoms with Crippen molar-refractivity contribution in [1.82, 2.24) is 4.98 Å². The third-order valence-corrected chi connectivity index (χ3v) is 5.24. The van der Waals surface area contributed by atoms with Crippen LogP contribution in [0.25, 0.3) is 0 Å². The summed E-state index contributed by atoms with van der Waals surface area (Å²) in [6.07, 6.45) is 9.25. The molecule has 1 amide bonds. The van der Waals surface area contributed by atoms with E-state index in [4.69, 9.17) is 4.98 Å². The minimum absolute atomic E-state index is 0.196. The van der Waals surface area contributed by atoms with Gasteiger partial charge in [0.1, 0.15) is 0 Å². The minimum atomic E-state index is 0.196. The van der Waals surface area contributed by atoms with Crippen LogP contribution in [0.2, 0.25) is 0 Å². The van der Waals surface area contributed by atoms with Gasteiger partial charge in [0.25, 0.3) is 5.91 Å². The van der Waals surface area contributed by atoms with Gasteiger partial charge in [0, 0.05) is 24.2 Å². The van der Waals surface area contributed by atoms with Crippen molar-refractivity contribution < 1.29 is 9.69 Å². The molecular formula is C17H24N3O+. The molecule has 0 unspecified atom stereocenters. The Bertz CT molecular complexity index is 544. The van der Waals surface area contributed by atoms with Crippen LogP contribution < -0.4 is 10.2 Å². The van der Waals surface area contributed by atoms with Crippen LogP contribution in [0.5, 0.6) is 0 Å². The maximum absolute atomic E-state index is 12.4. The predicted octanol–water partition coefficient (Wildman–Crippen LogP) is 0.676. The number of likely N-dealkylation sites (tertiary alicyclic amines) is 1. The second-order valence-electron chi connectivity index (χ2n) is 6.73. The number of nitrogens with zero attached hydrogens (tertiary/aromatic N) is 1. The summed E-state index contributed by atoms with van der Waals surface area (Å²) in [7, 11) is 0. The third kappa shape index (κ3) is 2.46. The lowest BCUT2D eigenvalue weighted by atomic mass is 10.1. The number of carbonyl (C=O) groups is 1. The Hall–Kier alpha value is -1.42. The average molecular weight is 286 g/mol. The van der Waals surface area contributed by atoms with Crippen molar-refractivity contribution in [3.8, 4) is 0 Å². The number of amides is 1. The Morgan fingerprint density at radius 2 is 1.57 bits per heavy atom. The molecule has 1 aromatic rings. The van der Waals surface area contributed by atoms with Crippen LogP contribution in [-0.2, 0) is 30.5 Å². The van der Waals surface area contributed by atoms with Crippen LogP contribution in [0.15, 0.2) is 0 Å². The Labute approximate surface area is 125 Å². The highest BCUT2D eigenvalue weighted by Gasteiger charge is 2.27. The van der Waals surface area contributed by atoms with Gasteiger partial charge in [0.15, 0.2) is 6.54 Å². The van der Waals surface area contributed by atoms with E-state index in [-0.39, 0.29) is 5.91 Å². The van der Waals surface area contributed by atoms with E-state index in [1.807, 2.05) is 0 Å². The third-order valence-electron chi connectivity index (χ3n) is 5.24. The van der Waals surface area contributed by atoms with Gasteiger partial charge in [0.05, 0.1) is 18.8 Å². The van der Waals surface area contributed by atoms with Gasteiger partial charge < -0.3 is 10.2 Å². The number of fused-ring (bicyclic) bond motifs is 2. The van der Waals surface area contributed by atoms with E-state index < -0.39 is 0 Å². The van der Waals surface area contributed by atoms with Crippen LogP contribution in [0.3, 0.4) is 0 Å². The fourth-order valence-corrected chi connectivity index (χ4v) is 4.20. The van der Waals surface area contributed by atoms with Crippen molar-refractivity contribution in [3.05, 3.63) is 22.5 Å². The molecule has 2 aliphatic carbocycles. The Morgan fingerprint density at radius 3 is 2.19 bits per heavy atom. The molecule has 1 saturated heterocycles. The van der Waals surface area contributed by atoms with Crippen LogP contribution in [0, 0.1) is 0 Å². The summed E-state index contributed by atoms with van der Waals surface area (Å²) < 4.78 is 0. The monoisotopic (exact) mass is 286 g/mol. The fourth-order valence-electron chi connectivity index (χ4n) is 4.20. The maximum atomic E-state index is 12.4. The summed E-state index contributed by atoms with van der Waals surface area (Å²) in [5.41, 5.74) is 6.31. The average Bonchev–Trinajstić information content (AvgIpc) is 3.17. The van der Waals surface area contributed by atoms with Crippen LogP contribution in [0.1, 0.15) is 48.2 Å². The molecule has 1 aromatic heterocycles. The number of aromatic nitrogens is 1. The molecular weight excluding hydrogens is 262 g/mol. The van der Waals surface area contributed by atoms with E-state index in [1.165, 1.54) is 53.1 Å². The number of nitrogens with one attached hydrogen (secondary N) is 2. The first-order valence-electron chi connectivity index (χ1n) is 8.48. The molecule has 0 bridgehead atoms. The van der Waals surface area contributed by atoms with Gasteiger partial charge in [-0.2, -0.15) is 0 Å². The molecule has 0 radical (unpaired) electrons. The van der Waals surface area contributed by atoms with E-state index in [0.29, 0.717) is 6.54 Å². The molecule has 3 aliphatic rings. The molecule has 2 heterocycles. The number of anilines is 1. The molecule has 0 saturated carbocycles. The lowest BCUT2D eigenvalue weighted by Gasteiger charge is -2.17. The number of hydrogen-bond donors (Lipinski definition) is 2. The Kier molecular flexibility index (Phi) is 3.42. The van der Waals surface area contributed by atoms with Crippen molar-refractivity contribution >= 4 is 11.6 Å². The number of quaternary nitrogens is 1. The predicted molar refractivity (Wildman–Crippen MR) is 81.7 cm³/mol. The van der Waals surface area contributed by atoms with Gasteiger partial charge in [0.2, 0.25) is 0 Å². The zero-order valence-corrected chi connectivity index (χ0v) is 12.6. The zero-order chi connectivity index (χ0) is 14.2. The molecule has 0 spiro atoms. The molecule has 1 aliphatic heterocycles. The van der Waals surface area contributed by atoms with Gasteiger partial charge >= 0.3 is 0 Å². The van der Waals surface area contributed by atoms with Crippen LogP contribution >= 0.6 is 0 Å². The molecule has 2 N–H and O–H groups in total. The lowest BCUT2D eigenvalue weighted by Crippen LogP contribution is -3.11. The van der Waals surface area contributed by atoms with Gasteiger partial charge in [-0.3, -0.25) is 9.78 Å². The summed E-state index contributed by atoms with van der Waals surface area (Å²) in [4.78, 5) is 18.7. The minimum Gasteiger partial charge on any atom is -0.327 e. The summed E-state index contributed by atoms with van der Waals surface area (Å²) in [6, 6.07) is 0. The zero-order valence-electron chi connectivity index (χ0n) is 12.6. The quantitative estimate of drug-likeness (QED) is 0.858. The van der Waals surface area contributed by atoms with Gasteiger partial charge in [-0.1, -0.05) is 0 Å². The number of aryl methyl sites for hydroxylation is 2. The maximum Gasteiger partial charge on any atom is 0.279 e. The second kappa shape index (κ2) is 5.41. The molecule has 0 aromatic carbocycles. The fraction of sp³-hybridized carbons (Fsp3) is 0.647. The van der Waals surface area contributed by atoms with Gasteiger partial charge in [-0.05, 0) is 49.7 Å². The first-order chi connectivity index (χ1) is 10.3. The summed E-state index contributed by atoms with van der Waals surface area (Å²) in [5, 5.41) is 3.27. The van der Waals surface area contributed by atoms with Crippen LogP contribution in [0.4, 0.5) is 5.69 Å². The van der Waals surface area contributed by atoms with Crippen molar-refractivity contribution in [2.24, 2.45) is 0 Å².